The fourth-order valence-electron chi connectivity index (χ4n) is 4.51. The molecule has 0 bridgehead atoms. The molecule has 0 aliphatic carbocycles. The molecule has 2 aromatic carbocycles. The summed E-state index contributed by atoms with van der Waals surface area (Å²) in [6.45, 7) is 5.15. The first-order valence-corrected chi connectivity index (χ1v) is 13.3. The lowest BCUT2D eigenvalue weighted by atomic mass is 10.0. The predicted molar refractivity (Wildman–Crippen MR) is 146 cm³/mol. The normalized spacial score (nSPS) is 15.3. The minimum absolute atomic E-state index is 0.0768. The van der Waals surface area contributed by atoms with Crippen LogP contribution in [0.25, 0.3) is 11.1 Å². The lowest BCUT2D eigenvalue weighted by Crippen LogP contribution is -2.34. The Kier molecular flexibility index (Phi) is 9.31. The fraction of sp³-hybridized carbons (Fsp3) is 0.379. The van der Waals surface area contributed by atoms with Gasteiger partial charge < -0.3 is 24.7 Å². The molecule has 0 spiro atoms. The van der Waals surface area contributed by atoms with Gasteiger partial charge in [0.25, 0.3) is 17.8 Å². The number of amides is 2. The molecule has 1 aromatic heterocycles. The van der Waals surface area contributed by atoms with Crippen LogP contribution in [0.15, 0.2) is 52.9 Å². The molecule has 41 heavy (non-hydrogen) atoms. The number of ether oxygens (including phenoxy) is 1. The molecule has 1 unspecified atom stereocenters. The SMILES string of the molecule is CCOC(=O)CCNC(=O)c1ccc(-c2ccc(NC(=O)c3oc(N4CCCC(C)C4)nc3C(F)(F)F)cc2)cc1. The Balaban J connectivity index is 1.40. The maximum atomic E-state index is 13.7. The van der Waals surface area contributed by atoms with E-state index in [2.05, 4.69) is 15.6 Å². The molecule has 1 fully saturated rings. The zero-order chi connectivity index (χ0) is 29.6. The van der Waals surface area contributed by atoms with Gasteiger partial charge in [-0.25, -0.2) is 0 Å². The molecule has 4 rings (SSSR count). The minimum Gasteiger partial charge on any atom is -0.466 e. The van der Waals surface area contributed by atoms with Gasteiger partial charge in [-0.2, -0.15) is 18.2 Å². The Bertz CT molecular complexity index is 1370. The number of hydrogen-bond donors (Lipinski definition) is 2. The molecule has 2 amide bonds. The second-order valence-electron chi connectivity index (χ2n) is 9.79. The van der Waals surface area contributed by atoms with Crippen molar-refractivity contribution in [2.75, 3.05) is 36.5 Å². The minimum atomic E-state index is -4.86. The Morgan fingerprint density at radius 2 is 1.71 bits per heavy atom. The van der Waals surface area contributed by atoms with E-state index in [1.54, 1.807) is 60.4 Å². The van der Waals surface area contributed by atoms with E-state index in [1.807, 2.05) is 6.92 Å². The summed E-state index contributed by atoms with van der Waals surface area (Å²) in [5.41, 5.74) is 0.863. The lowest BCUT2D eigenvalue weighted by Gasteiger charge is -2.29. The van der Waals surface area contributed by atoms with Crippen LogP contribution < -0.4 is 15.5 Å². The molecule has 2 N–H and O–H groups in total. The largest absolute Gasteiger partial charge is 0.466 e. The van der Waals surface area contributed by atoms with Crippen molar-refractivity contribution in [3.05, 3.63) is 65.5 Å². The Morgan fingerprint density at radius 1 is 1.05 bits per heavy atom. The van der Waals surface area contributed by atoms with E-state index in [1.165, 1.54) is 0 Å². The van der Waals surface area contributed by atoms with E-state index >= 15 is 0 Å². The number of anilines is 2. The van der Waals surface area contributed by atoms with Gasteiger partial charge in [-0.1, -0.05) is 31.2 Å². The molecular weight excluding hydrogens is 541 g/mol. The van der Waals surface area contributed by atoms with Crippen LogP contribution in [0, 0.1) is 5.92 Å². The molecule has 218 valence electrons. The summed E-state index contributed by atoms with van der Waals surface area (Å²) < 4.78 is 51.2. The van der Waals surface area contributed by atoms with Gasteiger partial charge in [-0.3, -0.25) is 14.4 Å². The average molecular weight is 573 g/mol. The number of rotatable bonds is 9. The molecule has 1 saturated heterocycles. The Hall–Kier alpha value is -4.35. The summed E-state index contributed by atoms with van der Waals surface area (Å²) in [5.74, 6) is -2.38. The second kappa shape index (κ2) is 12.9. The fourth-order valence-corrected chi connectivity index (χ4v) is 4.51. The number of oxazole rings is 1. The maximum absolute atomic E-state index is 13.7. The average Bonchev–Trinajstić information content (AvgIpc) is 3.41. The molecule has 1 aliphatic rings. The van der Waals surface area contributed by atoms with E-state index < -0.39 is 23.5 Å². The number of aromatic nitrogens is 1. The Morgan fingerprint density at radius 3 is 2.32 bits per heavy atom. The molecule has 9 nitrogen and oxygen atoms in total. The summed E-state index contributed by atoms with van der Waals surface area (Å²) >= 11 is 0. The van der Waals surface area contributed by atoms with Crippen molar-refractivity contribution in [2.24, 2.45) is 5.92 Å². The lowest BCUT2D eigenvalue weighted by molar-refractivity contribution is -0.143. The first-order valence-electron chi connectivity index (χ1n) is 13.3. The van der Waals surface area contributed by atoms with Crippen LogP contribution in [0.3, 0.4) is 0 Å². The van der Waals surface area contributed by atoms with Gasteiger partial charge in [0.2, 0.25) is 5.76 Å². The van der Waals surface area contributed by atoms with Crippen LogP contribution in [0.5, 0.6) is 0 Å². The number of nitrogens with zero attached hydrogens (tertiary/aromatic N) is 2. The highest BCUT2D eigenvalue weighted by Gasteiger charge is 2.42. The number of halogens is 3. The Labute approximate surface area is 235 Å². The monoisotopic (exact) mass is 572 g/mol. The standard InChI is InChI=1S/C29H31F3N4O5/c1-3-40-23(37)14-15-33-26(38)21-8-6-19(7-9-21)20-10-12-22(13-11-20)34-27(39)24-25(29(30,31)32)35-28(41-24)36-16-4-5-18(2)17-36/h6-13,18H,3-5,14-17H2,1-2H3,(H,33,38)(H,34,39). The highest BCUT2D eigenvalue weighted by atomic mass is 19.4. The molecule has 0 radical (unpaired) electrons. The van der Waals surface area contributed by atoms with Crippen molar-refractivity contribution >= 4 is 29.5 Å². The molecule has 0 saturated carbocycles. The smallest absolute Gasteiger partial charge is 0.437 e. The van der Waals surface area contributed by atoms with Crippen molar-refractivity contribution in [3.8, 4) is 11.1 Å². The zero-order valence-electron chi connectivity index (χ0n) is 22.7. The highest BCUT2D eigenvalue weighted by Crippen LogP contribution is 2.35. The van der Waals surface area contributed by atoms with Crippen LogP contribution in [-0.4, -0.2) is 49.0 Å². The zero-order valence-corrected chi connectivity index (χ0v) is 22.7. The third-order valence-corrected chi connectivity index (χ3v) is 6.56. The number of piperidine rings is 1. The predicted octanol–water partition coefficient (Wildman–Crippen LogP) is 5.53. The van der Waals surface area contributed by atoms with Crippen LogP contribution in [0.4, 0.5) is 24.9 Å². The number of carbonyl (C=O) groups is 3. The van der Waals surface area contributed by atoms with Crippen molar-refractivity contribution < 1.29 is 36.7 Å². The molecular formula is C29H31F3N4O5. The number of nitrogens with one attached hydrogen (secondary N) is 2. The van der Waals surface area contributed by atoms with Gasteiger partial charge in [-0.15, -0.1) is 0 Å². The third-order valence-electron chi connectivity index (χ3n) is 6.56. The summed E-state index contributed by atoms with van der Waals surface area (Å²) in [4.78, 5) is 41.8. The van der Waals surface area contributed by atoms with E-state index in [-0.39, 0.29) is 49.1 Å². The molecule has 12 heteroatoms. The molecule has 1 atom stereocenters. The first kappa shape index (κ1) is 29.6. The van der Waals surface area contributed by atoms with Crippen LogP contribution >= 0.6 is 0 Å². The van der Waals surface area contributed by atoms with Crippen molar-refractivity contribution in [3.63, 3.8) is 0 Å². The van der Waals surface area contributed by atoms with Crippen LogP contribution in [0.2, 0.25) is 0 Å². The number of carbonyl (C=O) groups excluding carboxylic acids is 3. The number of benzene rings is 2. The number of hydrogen-bond acceptors (Lipinski definition) is 7. The number of alkyl halides is 3. The summed E-state index contributed by atoms with van der Waals surface area (Å²) in [5, 5.41) is 5.11. The van der Waals surface area contributed by atoms with Crippen LogP contribution in [-0.2, 0) is 15.7 Å². The van der Waals surface area contributed by atoms with Crippen molar-refractivity contribution in [1.29, 1.82) is 0 Å². The first-order chi connectivity index (χ1) is 19.5. The van der Waals surface area contributed by atoms with Crippen LogP contribution in [0.1, 0.15) is 59.7 Å². The van der Waals surface area contributed by atoms with E-state index in [4.69, 9.17) is 9.15 Å². The van der Waals surface area contributed by atoms with Crippen molar-refractivity contribution in [1.82, 2.24) is 10.3 Å². The summed E-state index contributed by atoms with van der Waals surface area (Å²) in [6.07, 6.45) is -3.02. The topological polar surface area (TPSA) is 114 Å². The van der Waals surface area contributed by atoms with Crippen molar-refractivity contribution in [2.45, 2.75) is 39.3 Å². The van der Waals surface area contributed by atoms with Gasteiger partial charge >= 0.3 is 12.1 Å². The third kappa shape index (κ3) is 7.65. The van der Waals surface area contributed by atoms with Gasteiger partial charge in [0.15, 0.2) is 5.69 Å². The summed E-state index contributed by atoms with van der Waals surface area (Å²) in [6, 6.07) is 13.0. The second-order valence-corrected chi connectivity index (χ2v) is 9.79. The van der Waals surface area contributed by atoms with Gasteiger partial charge in [-0.05, 0) is 61.1 Å². The summed E-state index contributed by atoms with van der Waals surface area (Å²) in [7, 11) is 0. The van der Waals surface area contributed by atoms with E-state index in [0.29, 0.717) is 18.7 Å². The van der Waals surface area contributed by atoms with Gasteiger partial charge in [0.05, 0.1) is 13.0 Å². The van der Waals surface area contributed by atoms with E-state index in [0.717, 1.165) is 24.0 Å². The number of esters is 1. The van der Waals surface area contributed by atoms with Gasteiger partial charge in [0.1, 0.15) is 0 Å². The maximum Gasteiger partial charge on any atom is 0.437 e. The molecule has 2 heterocycles. The quantitative estimate of drug-likeness (QED) is 0.324. The van der Waals surface area contributed by atoms with Gasteiger partial charge in [0, 0.05) is 30.9 Å². The van der Waals surface area contributed by atoms with E-state index in [9.17, 15) is 27.6 Å². The molecule has 1 aliphatic heterocycles. The molecule has 3 aromatic rings. The highest BCUT2D eigenvalue weighted by molar-refractivity contribution is 6.03.